The summed E-state index contributed by atoms with van der Waals surface area (Å²) in [4.78, 5) is 46.6. The van der Waals surface area contributed by atoms with E-state index in [-0.39, 0.29) is 53.0 Å². The summed E-state index contributed by atoms with van der Waals surface area (Å²) in [5.41, 5.74) is 1.00. The Morgan fingerprint density at radius 2 is 1.94 bits per heavy atom. The average Bonchev–Trinajstić information content (AvgIpc) is 3.25. The number of carboxylic acids is 1. The Labute approximate surface area is 214 Å². The van der Waals surface area contributed by atoms with E-state index in [4.69, 9.17) is 0 Å². The van der Waals surface area contributed by atoms with E-state index in [0.29, 0.717) is 21.2 Å². The summed E-state index contributed by atoms with van der Waals surface area (Å²) in [6.07, 6.45) is 3.26. The first kappa shape index (κ1) is 25.0. The molecule has 12 heteroatoms. The monoisotopic (exact) mass is 476 g/mol. The first-order chi connectivity index (χ1) is 15.1. The van der Waals surface area contributed by atoms with Crippen LogP contribution in [0.1, 0.15) is 52.1 Å². The minimum absolute atomic E-state index is 0. The van der Waals surface area contributed by atoms with E-state index in [2.05, 4.69) is 15.1 Å². The van der Waals surface area contributed by atoms with Crippen molar-refractivity contribution in [3.63, 3.8) is 0 Å². The SMILES string of the molecule is Cc1nn(-c2ccncn2)c(C)c1Cc1sc2c(c1C(=O)[O-])c(=O)n(C)c(=O)n2C(C)C.[Na+]. The van der Waals surface area contributed by atoms with Gasteiger partial charge in [0, 0.05) is 53.5 Å². The van der Waals surface area contributed by atoms with Crippen LogP contribution < -0.4 is 45.9 Å². The van der Waals surface area contributed by atoms with Crippen molar-refractivity contribution in [3.8, 4) is 5.82 Å². The molecule has 0 aliphatic heterocycles. The number of aromatic carboxylic acids is 1. The second-order valence-electron chi connectivity index (χ2n) is 7.78. The summed E-state index contributed by atoms with van der Waals surface area (Å²) in [5, 5.41) is 16.7. The molecule has 4 aromatic rings. The number of nitrogens with zero attached hydrogens (tertiary/aromatic N) is 6. The second kappa shape index (κ2) is 9.34. The zero-order valence-corrected chi connectivity index (χ0v) is 22.1. The summed E-state index contributed by atoms with van der Waals surface area (Å²) < 4.78 is 4.05. The Bertz CT molecular complexity index is 1480. The zero-order valence-electron chi connectivity index (χ0n) is 19.2. The van der Waals surface area contributed by atoms with E-state index in [1.165, 1.54) is 17.9 Å². The molecule has 0 atom stereocenters. The molecule has 0 amide bonds. The van der Waals surface area contributed by atoms with Crippen LogP contribution in [0.2, 0.25) is 0 Å². The largest absolute Gasteiger partial charge is 1.00 e. The molecule has 0 aromatic carbocycles. The molecule has 0 radical (unpaired) electrons. The molecule has 0 fully saturated rings. The van der Waals surface area contributed by atoms with E-state index in [1.54, 1.807) is 16.9 Å². The molecular formula is C21H21N6NaO4S. The van der Waals surface area contributed by atoms with Gasteiger partial charge in [-0.3, -0.25) is 13.9 Å². The predicted molar refractivity (Wildman–Crippen MR) is 117 cm³/mol. The maximum absolute atomic E-state index is 12.9. The van der Waals surface area contributed by atoms with Crippen LogP contribution in [0.3, 0.4) is 0 Å². The van der Waals surface area contributed by atoms with Gasteiger partial charge in [0.05, 0.1) is 17.0 Å². The molecule has 0 spiro atoms. The van der Waals surface area contributed by atoms with Crippen LogP contribution in [0, 0.1) is 13.8 Å². The summed E-state index contributed by atoms with van der Waals surface area (Å²) in [5.74, 6) is -0.860. The number of thiophene rings is 1. The summed E-state index contributed by atoms with van der Waals surface area (Å²) in [6.45, 7) is 7.31. The van der Waals surface area contributed by atoms with Crippen LogP contribution in [-0.4, -0.2) is 34.9 Å². The summed E-state index contributed by atoms with van der Waals surface area (Å²) in [6, 6.07) is 1.46. The van der Waals surface area contributed by atoms with Gasteiger partial charge in [-0.2, -0.15) is 5.10 Å². The first-order valence-corrected chi connectivity index (χ1v) is 10.7. The fourth-order valence-electron chi connectivity index (χ4n) is 3.86. The van der Waals surface area contributed by atoms with Crippen molar-refractivity contribution < 1.29 is 39.5 Å². The quantitative estimate of drug-likeness (QED) is 0.302. The smallest absolute Gasteiger partial charge is 0.545 e. The second-order valence-corrected chi connectivity index (χ2v) is 8.87. The molecule has 0 aliphatic rings. The van der Waals surface area contributed by atoms with Crippen LogP contribution >= 0.6 is 11.3 Å². The Balaban J connectivity index is 0.00000306. The molecule has 166 valence electrons. The van der Waals surface area contributed by atoms with Gasteiger partial charge in [-0.15, -0.1) is 11.3 Å². The van der Waals surface area contributed by atoms with E-state index < -0.39 is 17.2 Å². The fourth-order valence-corrected chi connectivity index (χ4v) is 5.27. The van der Waals surface area contributed by atoms with Gasteiger partial charge in [0.15, 0.2) is 5.82 Å². The minimum Gasteiger partial charge on any atom is -0.545 e. The van der Waals surface area contributed by atoms with E-state index >= 15 is 0 Å². The van der Waals surface area contributed by atoms with Crippen molar-refractivity contribution in [1.82, 2.24) is 28.9 Å². The number of hydrogen-bond donors (Lipinski definition) is 0. The van der Waals surface area contributed by atoms with Gasteiger partial charge in [0.25, 0.3) is 5.56 Å². The topological polar surface area (TPSA) is 128 Å². The number of carboxylic acid groups (broad SMARTS) is 1. The van der Waals surface area contributed by atoms with Crippen LogP contribution in [0.15, 0.2) is 28.2 Å². The van der Waals surface area contributed by atoms with Crippen LogP contribution in [0.25, 0.3) is 16.0 Å². The Kier molecular flexibility index (Phi) is 7.08. The van der Waals surface area contributed by atoms with Crippen LogP contribution in [0.4, 0.5) is 0 Å². The number of carbonyl (C=O) groups excluding carboxylic acids is 1. The first-order valence-electron chi connectivity index (χ1n) is 9.93. The number of aromatic nitrogens is 6. The summed E-state index contributed by atoms with van der Waals surface area (Å²) >= 11 is 1.13. The minimum atomic E-state index is -1.45. The third kappa shape index (κ3) is 4.10. The van der Waals surface area contributed by atoms with E-state index in [1.807, 2.05) is 27.7 Å². The average molecular weight is 476 g/mol. The molecule has 10 nitrogen and oxygen atoms in total. The van der Waals surface area contributed by atoms with Gasteiger partial charge in [0.2, 0.25) is 0 Å². The Morgan fingerprint density at radius 1 is 1.24 bits per heavy atom. The van der Waals surface area contributed by atoms with E-state index in [0.717, 1.165) is 27.2 Å². The van der Waals surface area contributed by atoms with Crippen LogP contribution in [-0.2, 0) is 13.5 Å². The molecule has 0 N–H and O–H groups in total. The standard InChI is InChI=1S/C21H22N6O4S.Na/c1-10(2)26-19-17(18(28)25(5)21(26)31)16(20(29)30)14(32-19)8-13-11(3)24-27(12(13)4)15-6-7-22-9-23-15;/h6-7,9-10H,8H2,1-5H3,(H,29,30);/q;+1/p-1. The van der Waals surface area contributed by atoms with Gasteiger partial charge in [-0.1, -0.05) is 0 Å². The third-order valence-corrected chi connectivity index (χ3v) is 6.66. The van der Waals surface area contributed by atoms with Gasteiger partial charge in [-0.05, 0) is 27.7 Å². The molecular weight excluding hydrogens is 455 g/mol. The van der Waals surface area contributed by atoms with Crippen molar-refractivity contribution in [2.45, 2.75) is 40.2 Å². The molecule has 0 bridgehead atoms. The fraction of sp³-hybridized carbons (Fsp3) is 0.333. The van der Waals surface area contributed by atoms with Gasteiger partial charge in [0.1, 0.15) is 11.2 Å². The van der Waals surface area contributed by atoms with Crippen molar-refractivity contribution >= 4 is 27.5 Å². The van der Waals surface area contributed by atoms with Gasteiger partial charge >= 0.3 is 35.2 Å². The number of fused-ring (bicyclic) bond motifs is 1. The Morgan fingerprint density at radius 3 is 2.52 bits per heavy atom. The number of aryl methyl sites for hydroxylation is 1. The third-order valence-electron chi connectivity index (χ3n) is 5.48. The van der Waals surface area contributed by atoms with Crippen molar-refractivity contribution in [3.05, 3.63) is 66.8 Å². The molecule has 4 rings (SSSR count). The van der Waals surface area contributed by atoms with Crippen molar-refractivity contribution in [2.75, 3.05) is 0 Å². The van der Waals surface area contributed by atoms with Gasteiger partial charge in [-0.25, -0.2) is 19.4 Å². The zero-order chi connectivity index (χ0) is 23.3. The molecule has 33 heavy (non-hydrogen) atoms. The van der Waals surface area contributed by atoms with Gasteiger partial charge < -0.3 is 9.90 Å². The number of rotatable bonds is 5. The molecule has 0 saturated heterocycles. The molecule has 4 heterocycles. The molecule has 0 unspecified atom stereocenters. The van der Waals surface area contributed by atoms with Crippen molar-refractivity contribution in [2.24, 2.45) is 7.05 Å². The maximum atomic E-state index is 12.9. The number of carbonyl (C=O) groups is 1. The molecule has 0 saturated carbocycles. The normalized spacial score (nSPS) is 11.2. The number of hydrogen-bond acceptors (Lipinski definition) is 8. The summed E-state index contributed by atoms with van der Waals surface area (Å²) in [7, 11) is 1.35. The van der Waals surface area contributed by atoms with Crippen LogP contribution in [0.5, 0.6) is 0 Å². The molecule has 4 aromatic heterocycles. The molecule has 0 aliphatic carbocycles. The van der Waals surface area contributed by atoms with E-state index in [9.17, 15) is 19.5 Å². The van der Waals surface area contributed by atoms with Crippen molar-refractivity contribution in [1.29, 1.82) is 0 Å². The predicted octanol–water partition coefficient (Wildman–Crippen LogP) is -2.11. The maximum Gasteiger partial charge on any atom is 1.00 e. The Hall–Kier alpha value is -2.60.